The smallest absolute Gasteiger partial charge is 0.241 e. The Balaban J connectivity index is 2.59. The standard InChI is InChI=1S/C16H24N2O2/c1-4-5-11-17(3)16(20)13-18(14(2)19)12-15-9-7-6-8-10-15/h6-10H,4-5,11-13H2,1-3H3. The maximum absolute atomic E-state index is 12.1. The molecule has 0 unspecified atom stereocenters. The second-order valence-corrected chi connectivity index (χ2v) is 5.03. The largest absolute Gasteiger partial charge is 0.344 e. The van der Waals surface area contributed by atoms with Crippen molar-refractivity contribution in [1.29, 1.82) is 0 Å². The second kappa shape index (κ2) is 8.35. The van der Waals surface area contributed by atoms with Gasteiger partial charge in [0.2, 0.25) is 11.8 Å². The van der Waals surface area contributed by atoms with E-state index in [-0.39, 0.29) is 18.4 Å². The maximum atomic E-state index is 12.1. The molecule has 0 heterocycles. The molecule has 0 saturated carbocycles. The van der Waals surface area contributed by atoms with E-state index in [0.29, 0.717) is 6.54 Å². The zero-order chi connectivity index (χ0) is 15.0. The van der Waals surface area contributed by atoms with Gasteiger partial charge < -0.3 is 9.80 Å². The Kier molecular flexibility index (Phi) is 6.77. The summed E-state index contributed by atoms with van der Waals surface area (Å²) in [7, 11) is 1.79. The quantitative estimate of drug-likeness (QED) is 0.766. The Morgan fingerprint density at radius 3 is 2.35 bits per heavy atom. The van der Waals surface area contributed by atoms with Crippen molar-refractivity contribution in [1.82, 2.24) is 9.80 Å². The SMILES string of the molecule is CCCCN(C)C(=O)CN(Cc1ccccc1)C(C)=O. The highest BCUT2D eigenvalue weighted by Gasteiger charge is 2.16. The van der Waals surface area contributed by atoms with Gasteiger partial charge in [0, 0.05) is 27.1 Å². The topological polar surface area (TPSA) is 40.6 Å². The van der Waals surface area contributed by atoms with E-state index in [2.05, 4.69) is 6.92 Å². The van der Waals surface area contributed by atoms with E-state index in [9.17, 15) is 9.59 Å². The lowest BCUT2D eigenvalue weighted by molar-refractivity contribution is -0.139. The van der Waals surface area contributed by atoms with Crippen LogP contribution < -0.4 is 0 Å². The third-order valence-corrected chi connectivity index (χ3v) is 3.26. The molecule has 20 heavy (non-hydrogen) atoms. The van der Waals surface area contributed by atoms with E-state index < -0.39 is 0 Å². The second-order valence-electron chi connectivity index (χ2n) is 5.03. The van der Waals surface area contributed by atoms with Crippen LogP contribution in [0.1, 0.15) is 32.3 Å². The van der Waals surface area contributed by atoms with Crippen molar-refractivity contribution in [2.45, 2.75) is 33.2 Å². The van der Waals surface area contributed by atoms with Crippen LogP contribution in [0.3, 0.4) is 0 Å². The molecule has 1 aromatic rings. The van der Waals surface area contributed by atoms with E-state index in [0.717, 1.165) is 24.9 Å². The van der Waals surface area contributed by atoms with Crippen LogP contribution in [-0.2, 0) is 16.1 Å². The van der Waals surface area contributed by atoms with Gasteiger partial charge in [-0.2, -0.15) is 0 Å². The number of hydrogen-bond acceptors (Lipinski definition) is 2. The van der Waals surface area contributed by atoms with E-state index in [1.54, 1.807) is 16.8 Å². The van der Waals surface area contributed by atoms with Gasteiger partial charge in [-0.25, -0.2) is 0 Å². The van der Waals surface area contributed by atoms with Crippen molar-refractivity contribution in [2.75, 3.05) is 20.1 Å². The van der Waals surface area contributed by atoms with Gasteiger partial charge in [-0.3, -0.25) is 9.59 Å². The number of nitrogens with zero attached hydrogens (tertiary/aromatic N) is 2. The number of rotatable bonds is 7. The van der Waals surface area contributed by atoms with Crippen molar-refractivity contribution in [3.05, 3.63) is 35.9 Å². The first-order valence-corrected chi connectivity index (χ1v) is 7.08. The Bertz CT molecular complexity index is 431. The number of hydrogen-bond donors (Lipinski definition) is 0. The zero-order valence-electron chi connectivity index (χ0n) is 12.6. The lowest BCUT2D eigenvalue weighted by atomic mass is 10.2. The van der Waals surface area contributed by atoms with Crippen LogP contribution >= 0.6 is 0 Å². The summed E-state index contributed by atoms with van der Waals surface area (Å²) in [6.07, 6.45) is 2.04. The molecular formula is C16H24N2O2. The molecule has 0 bridgehead atoms. The van der Waals surface area contributed by atoms with Crippen molar-refractivity contribution in [3.63, 3.8) is 0 Å². The van der Waals surface area contributed by atoms with Crippen LogP contribution in [0.15, 0.2) is 30.3 Å². The summed E-state index contributed by atoms with van der Waals surface area (Å²) in [6, 6.07) is 9.72. The molecule has 0 aliphatic carbocycles. The number of benzene rings is 1. The molecule has 0 radical (unpaired) electrons. The average Bonchev–Trinajstić information content (AvgIpc) is 2.44. The zero-order valence-corrected chi connectivity index (χ0v) is 12.6. The fraction of sp³-hybridized carbons (Fsp3) is 0.500. The van der Waals surface area contributed by atoms with Crippen molar-refractivity contribution in [3.8, 4) is 0 Å². The number of carbonyl (C=O) groups is 2. The minimum absolute atomic E-state index is 0.00965. The fourth-order valence-corrected chi connectivity index (χ4v) is 1.89. The molecule has 0 N–H and O–H groups in total. The summed E-state index contributed by atoms with van der Waals surface area (Å²) < 4.78 is 0. The van der Waals surface area contributed by atoms with Gasteiger partial charge in [-0.05, 0) is 12.0 Å². The monoisotopic (exact) mass is 276 g/mol. The molecule has 0 saturated heterocycles. The number of unbranched alkanes of at least 4 members (excludes halogenated alkanes) is 1. The highest BCUT2D eigenvalue weighted by Crippen LogP contribution is 2.05. The van der Waals surface area contributed by atoms with Crippen LogP contribution in [0.4, 0.5) is 0 Å². The molecule has 110 valence electrons. The molecule has 1 rings (SSSR count). The Morgan fingerprint density at radius 1 is 1.15 bits per heavy atom. The summed E-state index contributed by atoms with van der Waals surface area (Å²) >= 11 is 0. The summed E-state index contributed by atoms with van der Waals surface area (Å²) in [5.41, 5.74) is 1.03. The van der Waals surface area contributed by atoms with E-state index in [1.807, 2.05) is 30.3 Å². The summed E-state index contributed by atoms with van der Waals surface area (Å²) in [5, 5.41) is 0. The Morgan fingerprint density at radius 2 is 1.80 bits per heavy atom. The van der Waals surface area contributed by atoms with Crippen LogP contribution in [0.2, 0.25) is 0 Å². The van der Waals surface area contributed by atoms with Crippen molar-refractivity contribution in [2.24, 2.45) is 0 Å². The van der Waals surface area contributed by atoms with Crippen molar-refractivity contribution < 1.29 is 9.59 Å². The molecule has 4 heteroatoms. The van der Waals surface area contributed by atoms with E-state index >= 15 is 0 Å². The van der Waals surface area contributed by atoms with Gasteiger partial charge in [-0.1, -0.05) is 43.7 Å². The minimum atomic E-state index is -0.0777. The molecule has 0 aliphatic rings. The van der Waals surface area contributed by atoms with Crippen LogP contribution in [0.25, 0.3) is 0 Å². The van der Waals surface area contributed by atoms with Crippen molar-refractivity contribution >= 4 is 11.8 Å². The normalized spacial score (nSPS) is 10.2. The van der Waals surface area contributed by atoms with Gasteiger partial charge in [-0.15, -0.1) is 0 Å². The summed E-state index contributed by atoms with van der Waals surface area (Å²) in [5.74, 6) is -0.0873. The lowest BCUT2D eigenvalue weighted by Gasteiger charge is -2.24. The van der Waals surface area contributed by atoms with Gasteiger partial charge in [0.05, 0.1) is 0 Å². The predicted molar refractivity (Wildman–Crippen MR) is 80.1 cm³/mol. The van der Waals surface area contributed by atoms with Gasteiger partial charge in [0.15, 0.2) is 0 Å². The maximum Gasteiger partial charge on any atom is 0.241 e. The fourth-order valence-electron chi connectivity index (χ4n) is 1.89. The lowest BCUT2D eigenvalue weighted by Crippen LogP contribution is -2.40. The van der Waals surface area contributed by atoms with Crippen LogP contribution in [0, 0.1) is 0 Å². The number of amides is 2. The first-order chi connectivity index (χ1) is 9.54. The van der Waals surface area contributed by atoms with Gasteiger partial charge in [0.1, 0.15) is 6.54 Å². The summed E-state index contributed by atoms with van der Waals surface area (Å²) in [6.45, 7) is 4.96. The van der Waals surface area contributed by atoms with E-state index in [1.165, 1.54) is 6.92 Å². The molecule has 0 spiro atoms. The van der Waals surface area contributed by atoms with E-state index in [4.69, 9.17) is 0 Å². The number of likely N-dealkylation sites (N-methyl/N-ethyl adjacent to an activating group) is 1. The Hall–Kier alpha value is -1.84. The minimum Gasteiger partial charge on any atom is -0.344 e. The highest BCUT2D eigenvalue weighted by atomic mass is 16.2. The van der Waals surface area contributed by atoms with Gasteiger partial charge in [0.25, 0.3) is 0 Å². The molecule has 2 amide bonds. The Labute approximate surface area is 121 Å². The average molecular weight is 276 g/mol. The summed E-state index contributed by atoms with van der Waals surface area (Å²) in [4.78, 5) is 27.0. The highest BCUT2D eigenvalue weighted by molar-refractivity contribution is 5.83. The first-order valence-electron chi connectivity index (χ1n) is 7.08. The third kappa shape index (κ3) is 5.43. The molecule has 0 aromatic heterocycles. The molecule has 0 aliphatic heterocycles. The number of carbonyl (C=O) groups excluding carboxylic acids is 2. The van der Waals surface area contributed by atoms with Gasteiger partial charge >= 0.3 is 0 Å². The molecule has 0 atom stereocenters. The molecule has 4 nitrogen and oxygen atoms in total. The van der Waals surface area contributed by atoms with Crippen LogP contribution in [-0.4, -0.2) is 41.8 Å². The molecular weight excluding hydrogens is 252 g/mol. The third-order valence-electron chi connectivity index (χ3n) is 3.26. The predicted octanol–water partition coefficient (Wildman–Crippen LogP) is 2.29. The van der Waals surface area contributed by atoms with Crippen LogP contribution in [0.5, 0.6) is 0 Å². The molecule has 0 fully saturated rings. The molecule has 1 aromatic carbocycles. The first kappa shape index (κ1) is 16.2.